The van der Waals surface area contributed by atoms with Crippen LogP contribution in [0.15, 0.2) is 59.1 Å². The number of anilines is 1. The fourth-order valence-corrected chi connectivity index (χ4v) is 4.31. The Bertz CT molecular complexity index is 725. The van der Waals surface area contributed by atoms with Crippen LogP contribution in [0.2, 0.25) is 5.02 Å². The minimum atomic E-state index is 0.328. The van der Waals surface area contributed by atoms with Gasteiger partial charge in [-0.25, -0.2) is 0 Å². The molecule has 0 spiro atoms. The van der Waals surface area contributed by atoms with Gasteiger partial charge in [0, 0.05) is 21.1 Å². The first-order chi connectivity index (χ1) is 10.2. The zero-order valence-corrected chi connectivity index (χ0v) is 13.7. The third kappa shape index (κ3) is 2.21. The summed E-state index contributed by atoms with van der Waals surface area (Å²) in [4.78, 5) is 0. The number of hydrogen-bond donors (Lipinski definition) is 1. The molecule has 0 radical (unpaired) electrons. The highest BCUT2D eigenvalue weighted by molar-refractivity contribution is 9.10. The van der Waals surface area contributed by atoms with Crippen molar-refractivity contribution in [1.29, 1.82) is 0 Å². The molecular formula is C18H15BrClN. The summed E-state index contributed by atoms with van der Waals surface area (Å²) in [7, 11) is 0. The lowest BCUT2D eigenvalue weighted by molar-refractivity contribution is 0.424. The Labute approximate surface area is 138 Å². The van der Waals surface area contributed by atoms with Gasteiger partial charge in [0.15, 0.2) is 0 Å². The predicted octanol–water partition coefficient (Wildman–Crippen LogP) is 5.93. The van der Waals surface area contributed by atoms with Crippen molar-refractivity contribution in [2.45, 2.75) is 18.4 Å². The molecule has 1 heterocycles. The molecule has 4 rings (SSSR count). The molecule has 1 nitrogen and oxygen atoms in total. The maximum atomic E-state index is 6.19. The lowest BCUT2D eigenvalue weighted by Gasteiger charge is -2.38. The van der Waals surface area contributed by atoms with E-state index in [1.165, 1.54) is 21.3 Å². The molecule has 21 heavy (non-hydrogen) atoms. The van der Waals surface area contributed by atoms with E-state index >= 15 is 0 Å². The molecule has 0 unspecified atom stereocenters. The smallest absolute Gasteiger partial charge is 0.0565 e. The first-order valence-corrected chi connectivity index (χ1v) is 8.38. The Kier molecular flexibility index (Phi) is 3.31. The quantitative estimate of drug-likeness (QED) is 0.622. The molecule has 0 bridgehead atoms. The van der Waals surface area contributed by atoms with Crippen molar-refractivity contribution in [3.8, 4) is 0 Å². The Morgan fingerprint density at radius 2 is 1.95 bits per heavy atom. The predicted molar refractivity (Wildman–Crippen MR) is 91.9 cm³/mol. The maximum Gasteiger partial charge on any atom is 0.0565 e. The van der Waals surface area contributed by atoms with Crippen LogP contribution in [-0.4, -0.2) is 0 Å². The fourth-order valence-electron chi connectivity index (χ4n) is 3.60. The fraction of sp³-hybridized carbons (Fsp3) is 0.222. The van der Waals surface area contributed by atoms with E-state index in [0.717, 1.165) is 11.4 Å². The monoisotopic (exact) mass is 359 g/mol. The van der Waals surface area contributed by atoms with Crippen molar-refractivity contribution in [3.05, 3.63) is 75.2 Å². The van der Waals surface area contributed by atoms with Crippen molar-refractivity contribution < 1.29 is 0 Å². The number of allylic oxidation sites excluding steroid dienone is 2. The van der Waals surface area contributed by atoms with E-state index in [0.29, 0.717) is 17.9 Å². The minimum absolute atomic E-state index is 0.328. The molecule has 0 saturated heterocycles. The van der Waals surface area contributed by atoms with Crippen LogP contribution in [0, 0.1) is 5.92 Å². The zero-order chi connectivity index (χ0) is 14.4. The summed E-state index contributed by atoms with van der Waals surface area (Å²) in [6.07, 6.45) is 5.75. The van der Waals surface area contributed by atoms with Crippen molar-refractivity contribution in [1.82, 2.24) is 0 Å². The van der Waals surface area contributed by atoms with Crippen molar-refractivity contribution >= 4 is 33.2 Å². The molecule has 0 saturated carbocycles. The Morgan fingerprint density at radius 1 is 1.10 bits per heavy atom. The summed E-state index contributed by atoms with van der Waals surface area (Å²) in [5.41, 5.74) is 3.86. The molecule has 3 heteroatoms. The second kappa shape index (κ2) is 5.19. The molecule has 2 aliphatic rings. The summed E-state index contributed by atoms with van der Waals surface area (Å²) in [5.74, 6) is 1.01. The number of benzene rings is 2. The van der Waals surface area contributed by atoms with Gasteiger partial charge in [0.2, 0.25) is 0 Å². The van der Waals surface area contributed by atoms with Crippen LogP contribution in [-0.2, 0) is 0 Å². The van der Waals surface area contributed by atoms with Crippen LogP contribution in [0.5, 0.6) is 0 Å². The van der Waals surface area contributed by atoms with Gasteiger partial charge in [-0.2, -0.15) is 0 Å². The van der Waals surface area contributed by atoms with E-state index in [1.54, 1.807) is 0 Å². The third-order valence-electron chi connectivity index (χ3n) is 4.57. The topological polar surface area (TPSA) is 12.0 Å². The van der Waals surface area contributed by atoms with Crippen molar-refractivity contribution in [2.75, 3.05) is 5.32 Å². The summed E-state index contributed by atoms with van der Waals surface area (Å²) in [6, 6.07) is 15.0. The highest BCUT2D eigenvalue weighted by atomic mass is 79.9. The summed E-state index contributed by atoms with van der Waals surface area (Å²) < 4.78 is 1.17. The van der Waals surface area contributed by atoms with Gasteiger partial charge < -0.3 is 5.32 Å². The average molecular weight is 361 g/mol. The standard InChI is InChI=1S/C18H15BrClN/c19-16-7-2-1-4-14(16)18-13-6-3-5-12(13)15-10-11(20)8-9-17(15)21-18/h1-5,7-10,12-13,18,21H,6H2/t12-,13-,18-/m1/s1. The number of fused-ring (bicyclic) bond motifs is 3. The van der Waals surface area contributed by atoms with E-state index in [4.69, 9.17) is 11.6 Å². The number of nitrogens with one attached hydrogen (secondary N) is 1. The molecule has 3 atom stereocenters. The number of rotatable bonds is 1. The molecule has 106 valence electrons. The minimum Gasteiger partial charge on any atom is -0.378 e. The molecule has 2 aromatic rings. The van der Waals surface area contributed by atoms with Crippen LogP contribution in [0.3, 0.4) is 0 Å². The highest BCUT2D eigenvalue weighted by Crippen LogP contribution is 2.51. The normalized spacial score (nSPS) is 26.1. The van der Waals surface area contributed by atoms with Crippen molar-refractivity contribution in [2.24, 2.45) is 5.92 Å². The molecule has 0 fully saturated rings. The highest BCUT2D eigenvalue weighted by Gasteiger charge is 2.38. The molecular weight excluding hydrogens is 346 g/mol. The first-order valence-electron chi connectivity index (χ1n) is 7.21. The van der Waals surface area contributed by atoms with Gasteiger partial charge in [-0.1, -0.05) is 57.9 Å². The van der Waals surface area contributed by atoms with Crippen molar-refractivity contribution in [3.63, 3.8) is 0 Å². The third-order valence-corrected chi connectivity index (χ3v) is 5.52. The van der Waals surface area contributed by atoms with E-state index in [9.17, 15) is 0 Å². The first kappa shape index (κ1) is 13.4. The number of hydrogen-bond acceptors (Lipinski definition) is 1. The van der Waals surface area contributed by atoms with Crippen LogP contribution in [0.4, 0.5) is 5.69 Å². The zero-order valence-electron chi connectivity index (χ0n) is 11.4. The second-order valence-electron chi connectivity index (χ2n) is 5.73. The molecule has 1 N–H and O–H groups in total. The van der Waals surface area contributed by atoms with Crippen LogP contribution in [0.1, 0.15) is 29.5 Å². The largest absolute Gasteiger partial charge is 0.378 e. The van der Waals surface area contributed by atoms with Crippen LogP contribution >= 0.6 is 27.5 Å². The van der Waals surface area contributed by atoms with E-state index in [-0.39, 0.29) is 0 Å². The Hall–Kier alpha value is -1.25. The van der Waals surface area contributed by atoms with Gasteiger partial charge >= 0.3 is 0 Å². The van der Waals surface area contributed by atoms with Crippen LogP contribution < -0.4 is 5.32 Å². The SMILES string of the molecule is Clc1ccc2c(c1)[C@@H]1C=CC[C@H]1[C@H](c1ccccc1Br)N2. The number of halogens is 2. The summed E-state index contributed by atoms with van der Waals surface area (Å²) in [6.45, 7) is 0. The van der Waals surface area contributed by atoms with Gasteiger partial charge in [-0.15, -0.1) is 0 Å². The van der Waals surface area contributed by atoms with E-state index in [1.807, 2.05) is 6.07 Å². The van der Waals surface area contributed by atoms with E-state index in [2.05, 4.69) is 69.8 Å². The molecule has 0 aromatic heterocycles. The van der Waals surface area contributed by atoms with Gasteiger partial charge in [0.1, 0.15) is 0 Å². The maximum absolute atomic E-state index is 6.19. The lowest BCUT2D eigenvalue weighted by atomic mass is 9.77. The van der Waals surface area contributed by atoms with Gasteiger partial charge in [0.25, 0.3) is 0 Å². The lowest BCUT2D eigenvalue weighted by Crippen LogP contribution is -2.29. The second-order valence-corrected chi connectivity index (χ2v) is 7.02. The Morgan fingerprint density at radius 3 is 2.81 bits per heavy atom. The van der Waals surface area contributed by atoms with Gasteiger partial charge in [-0.05, 0) is 47.7 Å². The van der Waals surface area contributed by atoms with Gasteiger partial charge in [-0.3, -0.25) is 0 Å². The van der Waals surface area contributed by atoms with Crippen LogP contribution in [0.25, 0.3) is 0 Å². The average Bonchev–Trinajstić information content (AvgIpc) is 2.97. The molecule has 0 amide bonds. The summed E-state index contributed by atoms with van der Waals surface area (Å²) >= 11 is 9.89. The Balaban J connectivity index is 1.82. The summed E-state index contributed by atoms with van der Waals surface area (Å²) in [5, 5.41) is 4.54. The molecule has 2 aromatic carbocycles. The van der Waals surface area contributed by atoms with Gasteiger partial charge in [0.05, 0.1) is 6.04 Å². The van der Waals surface area contributed by atoms with E-state index < -0.39 is 0 Å². The molecule has 1 aliphatic carbocycles. The molecule has 1 aliphatic heterocycles.